The van der Waals surface area contributed by atoms with E-state index in [1.54, 1.807) is 17.9 Å². The predicted octanol–water partition coefficient (Wildman–Crippen LogP) is 2.71. The maximum atomic E-state index is 13.2. The Hall–Kier alpha value is -1.75. The van der Waals surface area contributed by atoms with Crippen LogP contribution in [0.2, 0.25) is 0 Å². The lowest BCUT2D eigenvalue weighted by Gasteiger charge is -2.29. The van der Waals surface area contributed by atoms with Gasteiger partial charge in [0, 0.05) is 12.2 Å². The fourth-order valence-electron chi connectivity index (χ4n) is 2.03. The number of anilines is 1. The molecule has 102 valence electrons. The highest BCUT2D eigenvalue weighted by molar-refractivity contribution is 5.94. The van der Waals surface area contributed by atoms with E-state index >= 15 is 0 Å². The molecule has 0 aliphatic carbocycles. The third kappa shape index (κ3) is 3.61. The first-order valence-electron chi connectivity index (χ1n) is 6.21. The van der Waals surface area contributed by atoms with Crippen molar-refractivity contribution >= 4 is 11.6 Å². The van der Waals surface area contributed by atoms with Crippen molar-refractivity contribution in [3.8, 4) is 0 Å². The van der Waals surface area contributed by atoms with Gasteiger partial charge < -0.3 is 5.32 Å². The van der Waals surface area contributed by atoms with Gasteiger partial charge in [0.05, 0.1) is 12.6 Å². The summed E-state index contributed by atoms with van der Waals surface area (Å²) in [5, 5.41) is 2.63. The van der Waals surface area contributed by atoms with Crippen LogP contribution in [0.25, 0.3) is 0 Å². The Morgan fingerprint density at radius 3 is 2.89 bits per heavy atom. The molecule has 1 N–H and O–H groups in total. The molecule has 0 radical (unpaired) electrons. The maximum Gasteiger partial charge on any atom is 0.241 e. The molecule has 0 saturated heterocycles. The summed E-state index contributed by atoms with van der Waals surface area (Å²) in [5.41, 5.74) is 0.407. The molecule has 0 fully saturated rings. The van der Waals surface area contributed by atoms with E-state index in [1.807, 2.05) is 0 Å². The van der Waals surface area contributed by atoms with E-state index < -0.39 is 11.9 Å². The lowest BCUT2D eigenvalue weighted by atomic mass is 10.1. The Morgan fingerprint density at radius 1 is 1.42 bits per heavy atom. The van der Waals surface area contributed by atoms with E-state index in [4.69, 9.17) is 0 Å². The van der Waals surface area contributed by atoms with E-state index in [1.165, 1.54) is 24.3 Å². The second-order valence-corrected chi connectivity index (χ2v) is 4.59. The number of rotatable bonds is 3. The van der Waals surface area contributed by atoms with Gasteiger partial charge in [-0.25, -0.2) is 8.78 Å². The quantitative estimate of drug-likeness (QED) is 0.912. The van der Waals surface area contributed by atoms with Crippen LogP contribution in [0.15, 0.2) is 36.2 Å². The van der Waals surface area contributed by atoms with Crippen LogP contribution < -0.4 is 5.32 Å². The molecule has 1 atom stereocenters. The van der Waals surface area contributed by atoms with Crippen LogP contribution in [0.4, 0.5) is 14.5 Å². The zero-order valence-electron chi connectivity index (χ0n) is 10.7. The molecule has 1 aromatic rings. The van der Waals surface area contributed by atoms with Gasteiger partial charge in [-0.15, -0.1) is 0 Å². The Bertz CT molecular complexity index is 502. The number of hydrogen-bond donors (Lipinski definition) is 1. The molecule has 1 amide bonds. The molecule has 3 nitrogen and oxygen atoms in total. The summed E-state index contributed by atoms with van der Waals surface area (Å²) >= 11 is 0. The smallest absolute Gasteiger partial charge is 0.241 e. The van der Waals surface area contributed by atoms with Crippen LogP contribution in [0.5, 0.6) is 0 Å². The Morgan fingerprint density at radius 2 is 2.21 bits per heavy atom. The van der Waals surface area contributed by atoms with E-state index in [2.05, 4.69) is 5.32 Å². The van der Waals surface area contributed by atoms with Crippen molar-refractivity contribution in [2.45, 2.75) is 19.4 Å². The van der Waals surface area contributed by atoms with Gasteiger partial charge in [0.15, 0.2) is 0 Å². The Labute approximate surface area is 110 Å². The third-order valence-corrected chi connectivity index (χ3v) is 3.16. The fraction of sp³-hybridized carbons (Fsp3) is 0.357. The van der Waals surface area contributed by atoms with Crippen LogP contribution in [0.1, 0.15) is 13.3 Å². The zero-order chi connectivity index (χ0) is 13.8. The largest absolute Gasteiger partial charge is 0.325 e. The second kappa shape index (κ2) is 5.93. The molecule has 5 heteroatoms. The van der Waals surface area contributed by atoms with Gasteiger partial charge in [-0.3, -0.25) is 9.69 Å². The number of nitrogens with zero attached hydrogens (tertiary/aromatic N) is 1. The number of benzene rings is 1. The first-order valence-corrected chi connectivity index (χ1v) is 6.21. The standard InChI is InChI=1S/C14H16F2N2O/c1-10(18-7-3-5-12(16)9-18)14(19)17-13-6-2-4-11(15)8-13/h2,4-6,8,10H,3,7,9H2,1H3,(H,17,19)/t10-/m1/s1. The van der Waals surface area contributed by atoms with Crippen molar-refractivity contribution in [1.29, 1.82) is 0 Å². The lowest BCUT2D eigenvalue weighted by Crippen LogP contribution is -2.44. The van der Waals surface area contributed by atoms with Gasteiger partial charge in [0.1, 0.15) is 11.6 Å². The number of halogens is 2. The monoisotopic (exact) mass is 266 g/mol. The third-order valence-electron chi connectivity index (χ3n) is 3.16. The predicted molar refractivity (Wildman–Crippen MR) is 69.9 cm³/mol. The van der Waals surface area contributed by atoms with Gasteiger partial charge >= 0.3 is 0 Å². The second-order valence-electron chi connectivity index (χ2n) is 4.59. The Kier molecular flexibility index (Phi) is 4.27. The average molecular weight is 266 g/mol. The number of nitrogens with one attached hydrogen (secondary N) is 1. The minimum Gasteiger partial charge on any atom is -0.325 e. The molecule has 0 aromatic heterocycles. The van der Waals surface area contributed by atoms with E-state index in [-0.39, 0.29) is 18.3 Å². The molecule has 0 unspecified atom stereocenters. The summed E-state index contributed by atoms with van der Waals surface area (Å²) in [6.45, 7) is 2.51. The van der Waals surface area contributed by atoms with Crippen LogP contribution in [-0.2, 0) is 4.79 Å². The SMILES string of the molecule is C[C@H](C(=O)Nc1cccc(F)c1)N1CCC=C(F)C1. The number of carbonyl (C=O) groups excluding carboxylic acids is 1. The molecule has 0 saturated carbocycles. The summed E-state index contributed by atoms with van der Waals surface area (Å²) in [7, 11) is 0. The van der Waals surface area contributed by atoms with Crippen molar-refractivity contribution in [3.05, 3.63) is 42.0 Å². The van der Waals surface area contributed by atoms with Gasteiger partial charge in [-0.05, 0) is 31.5 Å². The summed E-state index contributed by atoms with van der Waals surface area (Å²) < 4.78 is 26.2. The van der Waals surface area contributed by atoms with Crippen molar-refractivity contribution < 1.29 is 13.6 Å². The van der Waals surface area contributed by atoms with Crippen molar-refractivity contribution in [2.75, 3.05) is 18.4 Å². The first-order chi connectivity index (χ1) is 9.06. The molecule has 0 spiro atoms. The Balaban J connectivity index is 1.98. The molecule has 1 aromatic carbocycles. The normalized spacial score (nSPS) is 17.7. The van der Waals surface area contributed by atoms with E-state index in [0.717, 1.165) is 0 Å². The highest BCUT2D eigenvalue weighted by atomic mass is 19.1. The molecular formula is C14H16F2N2O. The van der Waals surface area contributed by atoms with Gasteiger partial charge in [-0.1, -0.05) is 12.1 Å². The highest BCUT2D eigenvalue weighted by Gasteiger charge is 2.23. The summed E-state index contributed by atoms with van der Waals surface area (Å²) in [4.78, 5) is 13.8. The van der Waals surface area contributed by atoms with Gasteiger partial charge in [0.25, 0.3) is 0 Å². The van der Waals surface area contributed by atoms with Crippen molar-refractivity contribution in [2.24, 2.45) is 0 Å². The van der Waals surface area contributed by atoms with Crippen molar-refractivity contribution in [3.63, 3.8) is 0 Å². The van der Waals surface area contributed by atoms with Crippen LogP contribution in [0, 0.1) is 5.82 Å². The summed E-state index contributed by atoms with van der Waals surface area (Å²) in [5.74, 6) is -0.880. The van der Waals surface area contributed by atoms with Crippen molar-refractivity contribution in [1.82, 2.24) is 4.90 Å². The lowest BCUT2D eigenvalue weighted by molar-refractivity contribution is -0.120. The fourth-order valence-corrected chi connectivity index (χ4v) is 2.03. The molecule has 1 aliphatic rings. The number of amides is 1. The van der Waals surface area contributed by atoms with Crippen LogP contribution in [-0.4, -0.2) is 29.9 Å². The van der Waals surface area contributed by atoms with Gasteiger partial charge in [-0.2, -0.15) is 0 Å². The molecular weight excluding hydrogens is 250 g/mol. The zero-order valence-corrected chi connectivity index (χ0v) is 10.7. The molecule has 2 rings (SSSR count). The van der Waals surface area contributed by atoms with Crippen LogP contribution >= 0.6 is 0 Å². The molecule has 0 bridgehead atoms. The topological polar surface area (TPSA) is 32.3 Å². The molecule has 19 heavy (non-hydrogen) atoms. The van der Waals surface area contributed by atoms with Gasteiger partial charge in [0.2, 0.25) is 5.91 Å². The molecule has 1 aliphatic heterocycles. The van der Waals surface area contributed by atoms with E-state index in [0.29, 0.717) is 18.7 Å². The summed E-state index contributed by atoms with van der Waals surface area (Å²) in [6.07, 6.45) is 2.14. The minimum absolute atomic E-state index is 0.151. The van der Waals surface area contributed by atoms with Crippen LogP contribution in [0.3, 0.4) is 0 Å². The number of carbonyl (C=O) groups is 1. The van der Waals surface area contributed by atoms with E-state index in [9.17, 15) is 13.6 Å². The summed E-state index contributed by atoms with van der Waals surface area (Å²) in [6, 6.07) is 5.25. The molecule has 1 heterocycles. The average Bonchev–Trinajstić information content (AvgIpc) is 2.38. The maximum absolute atomic E-state index is 13.2. The highest BCUT2D eigenvalue weighted by Crippen LogP contribution is 2.15. The minimum atomic E-state index is -0.456. The number of hydrogen-bond acceptors (Lipinski definition) is 2. The first kappa shape index (κ1) is 13.7.